The van der Waals surface area contributed by atoms with Gasteiger partial charge in [-0.2, -0.15) is 0 Å². The Kier molecular flexibility index (Phi) is 3.41. The van der Waals surface area contributed by atoms with Crippen LogP contribution in [0, 0.1) is 5.92 Å². The molecule has 1 fully saturated rings. The molecule has 1 aromatic carbocycles. The molecule has 0 aromatic heterocycles. The van der Waals surface area contributed by atoms with Gasteiger partial charge in [0.15, 0.2) is 0 Å². The van der Waals surface area contributed by atoms with Crippen LogP contribution in [0.25, 0.3) is 0 Å². The zero-order valence-electron chi connectivity index (χ0n) is 9.07. The monoisotopic (exact) mass is 220 g/mol. The molecule has 1 heterocycles. The highest BCUT2D eigenvalue weighted by molar-refractivity contribution is 5.94. The van der Waals surface area contributed by atoms with Crippen LogP contribution in [0.15, 0.2) is 24.3 Å². The van der Waals surface area contributed by atoms with E-state index in [1.807, 2.05) is 0 Å². The number of hydrogen-bond acceptors (Lipinski definition) is 3. The van der Waals surface area contributed by atoms with Gasteiger partial charge in [-0.25, -0.2) is 0 Å². The molecule has 1 amide bonds. The van der Waals surface area contributed by atoms with Gasteiger partial charge in [0.2, 0.25) is 5.91 Å². The van der Waals surface area contributed by atoms with Crippen LogP contribution >= 0.6 is 0 Å². The second-order valence-electron chi connectivity index (χ2n) is 4.05. The summed E-state index contributed by atoms with van der Waals surface area (Å²) in [6.07, 6.45) is 1.94. The summed E-state index contributed by atoms with van der Waals surface area (Å²) in [6, 6.07) is 6.78. The lowest BCUT2D eigenvalue weighted by atomic mass is 9.99. The van der Waals surface area contributed by atoms with Gasteiger partial charge in [-0.15, -0.1) is 0 Å². The summed E-state index contributed by atoms with van der Waals surface area (Å²) in [5, 5.41) is 15.5. The SMILES string of the molecule is O=C(Nc1ccccc1O)[C@H]1CCCNC1. The van der Waals surface area contributed by atoms with Crippen LogP contribution in [0.1, 0.15) is 12.8 Å². The van der Waals surface area contributed by atoms with Crippen LogP contribution in [0.3, 0.4) is 0 Å². The van der Waals surface area contributed by atoms with Crippen LogP contribution in [0.4, 0.5) is 5.69 Å². The molecule has 0 saturated carbocycles. The molecule has 1 atom stereocenters. The Balaban J connectivity index is 1.99. The predicted octanol–water partition coefficient (Wildman–Crippen LogP) is 1.33. The third kappa shape index (κ3) is 2.52. The molecule has 0 aliphatic carbocycles. The predicted molar refractivity (Wildman–Crippen MR) is 62.3 cm³/mol. The number of para-hydroxylation sites is 2. The van der Waals surface area contributed by atoms with Crippen molar-refractivity contribution >= 4 is 11.6 Å². The minimum atomic E-state index is -0.0197. The highest BCUT2D eigenvalue weighted by atomic mass is 16.3. The largest absolute Gasteiger partial charge is 0.506 e. The van der Waals surface area contributed by atoms with Crippen molar-refractivity contribution < 1.29 is 9.90 Å². The molecule has 1 saturated heterocycles. The summed E-state index contributed by atoms with van der Waals surface area (Å²) >= 11 is 0. The van der Waals surface area contributed by atoms with Gasteiger partial charge in [0.05, 0.1) is 11.6 Å². The van der Waals surface area contributed by atoms with Crippen molar-refractivity contribution in [2.24, 2.45) is 5.92 Å². The molecule has 0 radical (unpaired) electrons. The topological polar surface area (TPSA) is 61.4 Å². The summed E-state index contributed by atoms with van der Waals surface area (Å²) in [5.41, 5.74) is 0.484. The van der Waals surface area contributed by atoms with Crippen molar-refractivity contribution in [3.05, 3.63) is 24.3 Å². The molecule has 1 aliphatic heterocycles. The van der Waals surface area contributed by atoms with E-state index < -0.39 is 0 Å². The van der Waals surface area contributed by atoms with Crippen LogP contribution < -0.4 is 10.6 Å². The fourth-order valence-electron chi connectivity index (χ4n) is 1.89. The van der Waals surface area contributed by atoms with Crippen molar-refractivity contribution in [3.8, 4) is 5.75 Å². The number of carbonyl (C=O) groups excluding carboxylic acids is 1. The number of rotatable bonds is 2. The van der Waals surface area contributed by atoms with Gasteiger partial charge in [0.1, 0.15) is 5.75 Å². The first-order chi connectivity index (χ1) is 7.77. The van der Waals surface area contributed by atoms with E-state index in [1.165, 1.54) is 0 Å². The molecule has 86 valence electrons. The van der Waals surface area contributed by atoms with E-state index in [0.717, 1.165) is 25.9 Å². The fourth-order valence-corrected chi connectivity index (χ4v) is 1.89. The van der Waals surface area contributed by atoms with E-state index in [0.29, 0.717) is 5.69 Å². The number of benzene rings is 1. The number of phenols is 1. The lowest BCUT2D eigenvalue weighted by Crippen LogP contribution is -2.37. The summed E-state index contributed by atoms with van der Waals surface area (Å²) in [6.45, 7) is 1.71. The summed E-state index contributed by atoms with van der Waals surface area (Å²) in [7, 11) is 0. The van der Waals surface area contributed by atoms with Gasteiger partial charge in [0.25, 0.3) is 0 Å². The van der Waals surface area contributed by atoms with Crippen LogP contribution in [0.2, 0.25) is 0 Å². The summed E-state index contributed by atoms with van der Waals surface area (Å²) < 4.78 is 0. The quantitative estimate of drug-likeness (QED) is 0.659. The lowest BCUT2D eigenvalue weighted by Gasteiger charge is -2.22. The van der Waals surface area contributed by atoms with Gasteiger partial charge in [0, 0.05) is 6.54 Å². The Morgan fingerprint density at radius 3 is 2.94 bits per heavy atom. The van der Waals surface area contributed by atoms with Crippen molar-refractivity contribution in [2.45, 2.75) is 12.8 Å². The first-order valence-corrected chi connectivity index (χ1v) is 5.57. The van der Waals surface area contributed by atoms with Crippen LogP contribution in [-0.4, -0.2) is 24.1 Å². The molecule has 3 N–H and O–H groups in total. The van der Waals surface area contributed by atoms with Gasteiger partial charge in [-0.05, 0) is 31.5 Å². The number of amides is 1. The highest BCUT2D eigenvalue weighted by Crippen LogP contribution is 2.23. The smallest absolute Gasteiger partial charge is 0.228 e. The maximum absolute atomic E-state index is 11.9. The Hall–Kier alpha value is -1.55. The second kappa shape index (κ2) is 4.99. The minimum Gasteiger partial charge on any atom is -0.506 e. The third-order valence-electron chi connectivity index (χ3n) is 2.83. The van der Waals surface area contributed by atoms with Gasteiger partial charge < -0.3 is 15.7 Å². The summed E-state index contributed by atoms with van der Waals surface area (Å²) in [5.74, 6) is 0.0988. The normalized spacial score (nSPS) is 20.4. The summed E-state index contributed by atoms with van der Waals surface area (Å²) in [4.78, 5) is 11.9. The number of phenolic OH excluding ortho intramolecular Hbond substituents is 1. The zero-order chi connectivity index (χ0) is 11.4. The molecule has 1 aromatic rings. The third-order valence-corrected chi connectivity index (χ3v) is 2.83. The molecule has 4 nitrogen and oxygen atoms in total. The zero-order valence-corrected chi connectivity index (χ0v) is 9.07. The lowest BCUT2D eigenvalue weighted by molar-refractivity contribution is -0.120. The van der Waals surface area contributed by atoms with E-state index in [9.17, 15) is 9.90 Å². The fraction of sp³-hybridized carbons (Fsp3) is 0.417. The molecule has 0 unspecified atom stereocenters. The minimum absolute atomic E-state index is 0.00774. The van der Waals surface area contributed by atoms with Gasteiger partial charge >= 0.3 is 0 Å². The molecule has 4 heteroatoms. The molecule has 1 aliphatic rings. The number of aromatic hydroxyl groups is 1. The number of carbonyl (C=O) groups is 1. The molecule has 0 spiro atoms. The molecular weight excluding hydrogens is 204 g/mol. The van der Waals surface area contributed by atoms with E-state index >= 15 is 0 Å². The van der Waals surface area contributed by atoms with Gasteiger partial charge in [-0.1, -0.05) is 12.1 Å². The number of nitrogens with one attached hydrogen (secondary N) is 2. The van der Waals surface area contributed by atoms with Crippen molar-refractivity contribution in [1.29, 1.82) is 0 Å². The Bertz CT molecular complexity index is 373. The molecular formula is C12H16N2O2. The number of hydrogen-bond donors (Lipinski definition) is 3. The van der Waals surface area contributed by atoms with E-state index in [-0.39, 0.29) is 17.6 Å². The van der Waals surface area contributed by atoms with E-state index in [2.05, 4.69) is 10.6 Å². The second-order valence-corrected chi connectivity index (χ2v) is 4.05. The maximum Gasteiger partial charge on any atom is 0.228 e. The Labute approximate surface area is 94.7 Å². The average molecular weight is 220 g/mol. The molecule has 16 heavy (non-hydrogen) atoms. The van der Waals surface area contributed by atoms with Gasteiger partial charge in [-0.3, -0.25) is 4.79 Å². The van der Waals surface area contributed by atoms with Crippen molar-refractivity contribution in [2.75, 3.05) is 18.4 Å². The van der Waals surface area contributed by atoms with Crippen LogP contribution in [0.5, 0.6) is 5.75 Å². The van der Waals surface area contributed by atoms with E-state index in [1.54, 1.807) is 24.3 Å². The number of anilines is 1. The van der Waals surface area contributed by atoms with Crippen molar-refractivity contribution in [1.82, 2.24) is 5.32 Å². The number of piperidine rings is 1. The first kappa shape index (κ1) is 11.0. The van der Waals surface area contributed by atoms with Crippen LogP contribution in [-0.2, 0) is 4.79 Å². The maximum atomic E-state index is 11.9. The molecule has 2 rings (SSSR count). The highest BCUT2D eigenvalue weighted by Gasteiger charge is 2.21. The Morgan fingerprint density at radius 2 is 2.25 bits per heavy atom. The Morgan fingerprint density at radius 1 is 1.44 bits per heavy atom. The van der Waals surface area contributed by atoms with Crippen molar-refractivity contribution in [3.63, 3.8) is 0 Å². The standard InChI is InChI=1S/C12H16N2O2/c15-11-6-2-1-5-10(11)14-12(16)9-4-3-7-13-8-9/h1-2,5-6,9,13,15H,3-4,7-8H2,(H,14,16)/t9-/m0/s1. The average Bonchev–Trinajstić information content (AvgIpc) is 2.33. The molecule has 0 bridgehead atoms. The van der Waals surface area contributed by atoms with E-state index in [4.69, 9.17) is 0 Å². The first-order valence-electron chi connectivity index (χ1n) is 5.57.